The van der Waals surface area contributed by atoms with Gasteiger partial charge >= 0.3 is 0 Å². The van der Waals surface area contributed by atoms with Crippen molar-refractivity contribution in [2.45, 2.75) is 33.1 Å². The van der Waals surface area contributed by atoms with Gasteiger partial charge in [0.25, 0.3) is 5.91 Å². The molecular weight excluding hydrogens is 252 g/mol. The van der Waals surface area contributed by atoms with Crippen molar-refractivity contribution >= 4 is 22.5 Å². The van der Waals surface area contributed by atoms with Crippen LogP contribution in [-0.4, -0.2) is 22.6 Å². The maximum atomic E-state index is 12.0. The number of carbonyl (C=O) groups is 1. The zero-order valence-corrected chi connectivity index (χ0v) is 11.9. The molecule has 1 heterocycles. The normalized spacial score (nSPS) is 10.7. The van der Waals surface area contributed by atoms with E-state index in [1.807, 2.05) is 25.1 Å². The number of nitrogen functional groups attached to an aromatic ring is 1. The van der Waals surface area contributed by atoms with Crippen LogP contribution in [0.5, 0.6) is 0 Å². The number of hydrogen-bond acceptors (Lipinski definition) is 4. The van der Waals surface area contributed by atoms with Crippen LogP contribution in [0.4, 0.5) is 5.69 Å². The van der Waals surface area contributed by atoms with Crippen LogP contribution in [0.1, 0.15) is 42.7 Å². The highest BCUT2D eigenvalue weighted by Crippen LogP contribution is 2.24. The maximum Gasteiger partial charge on any atom is 0.273 e. The van der Waals surface area contributed by atoms with Crippen molar-refractivity contribution in [3.05, 3.63) is 29.5 Å². The summed E-state index contributed by atoms with van der Waals surface area (Å²) >= 11 is 0. The summed E-state index contributed by atoms with van der Waals surface area (Å²) in [6.45, 7) is 4.71. The Morgan fingerprint density at radius 1 is 1.25 bits per heavy atom. The lowest BCUT2D eigenvalue weighted by Crippen LogP contribution is -2.26. The summed E-state index contributed by atoms with van der Waals surface area (Å²) in [5.74, 6) is -0.264. The first-order chi connectivity index (χ1) is 9.69. The standard InChI is InChI=1S/C15H20N4O/c1-3-6-10-7-5-8-11-12(16)14(19-18-13(10)11)15(20)17-9-4-2/h5,7-8H,3-4,6,9H2,1-2H3,(H2,16,18)(H,17,20). The van der Waals surface area contributed by atoms with Crippen molar-refractivity contribution in [3.63, 3.8) is 0 Å². The van der Waals surface area contributed by atoms with Gasteiger partial charge in [-0.1, -0.05) is 38.5 Å². The van der Waals surface area contributed by atoms with Gasteiger partial charge in [-0.25, -0.2) is 0 Å². The van der Waals surface area contributed by atoms with E-state index >= 15 is 0 Å². The van der Waals surface area contributed by atoms with E-state index in [9.17, 15) is 4.79 Å². The number of aryl methyl sites for hydroxylation is 1. The van der Waals surface area contributed by atoms with Crippen molar-refractivity contribution in [2.75, 3.05) is 12.3 Å². The molecule has 20 heavy (non-hydrogen) atoms. The Balaban J connectivity index is 2.46. The van der Waals surface area contributed by atoms with E-state index in [0.717, 1.165) is 35.7 Å². The molecule has 0 spiro atoms. The second-order valence-electron chi connectivity index (χ2n) is 4.78. The van der Waals surface area contributed by atoms with Crippen LogP contribution in [-0.2, 0) is 6.42 Å². The lowest BCUT2D eigenvalue weighted by molar-refractivity contribution is 0.0949. The summed E-state index contributed by atoms with van der Waals surface area (Å²) in [7, 11) is 0. The van der Waals surface area contributed by atoms with E-state index in [-0.39, 0.29) is 11.6 Å². The van der Waals surface area contributed by atoms with Crippen molar-refractivity contribution in [1.82, 2.24) is 15.5 Å². The highest BCUT2D eigenvalue weighted by Gasteiger charge is 2.15. The second kappa shape index (κ2) is 6.32. The quantitative estimate of drug-likeness (QED) is 0.875. The van der Waals surface area contributed by atoms with Crippen molar-refractivity contribution in [3.8, 4) is 0 Å². The third kappa shape index (κ3) is 2.71. The van der Waals surface area contributed by atoms with Crippen LogP contribution < -0.4 is 11.1 Å². The summed E-state index contributed by atoms with van der Waals surface area (Å²) in [5.41, 5.74) is 8.61. The molecule has 0 atom stereocenters. The first-order valence-corrected chi connectivity index (χ1v) is 7.01. The number of nitrogens with two attached hydrogens (primary N) is 1. The average molecular weight is 272 g/mol. The van der Waals surface area contributed by atoms with E-state index < -0.39 is 0 Å². The van der Waals surface area contributed by atoms with Gasteiger partial charge in [0.2, 0.25) is 0 Å². The Hall–Kier alpha value is -2.17. The molecule has 0 aliphatic heterocycles. The minimum atomic E-state index is -0.264. The van der Waals surface area contributed by atoms with Gasteiger partial charge in [-0.15, -0.1) is 10.2 Å². The van der Waals surface area contributed by atoms with Crippen molar-refractivity contribution in [1.29, 1.82) is 0 Å². The molecule has 106 valence electrons. The Labute approximate surface area is 118 Å². The SMILES string of the molecule is CCCNC(=O)c1nnc2c(CCC)cccc2c1N. The fraction of sp³-hybridized carbons (Fsp3) is 0.400. The monoisotopic (exact) mass is 272 g/mol. The fourth-order valence-corrected chi connectivity index (χ4v) is 2.17. The van der Waals surface area contributed by atoms with Gasteiger partial charge in [-0.2, -0.15) is 0 Å². The van der Waals surface area contributed by atoms with Crippen LogP contribution >= 0.6 is 0 Å². The molecule has 1 aromatic heterocycles. The van der Waals surface area contributed by atoms with E-state index in [1.54, 1.807) is 0 Å². The predicted octanol–water partition coefficient (Wildman–Crippen LogP) is 2.30. The van der Waals surface area contributed by atoms with Crippen molar-refractivity contribution in [2.24, 2.45) is 0 Å². The van der Waals surface area contributed by atoms with Gasteiger partial charge in [-0.05, 0) is 18.4 Å². The molecule has 0 unspecified atom stereocenters. The number of hydrogen-bond donors (Lipinski definition) is 2. The topological polar surface area (TPSA) is 80.9 Å². The molecule has 0 aliphatic carbocycles. The third-order valence-electron chi connectivity index (χ3n) is 3.18. The molecule has 2 aromatic rings. The zero-order chi connectivity index (χ0) is 14.5. The number of aromatic nitrogens is 2. The van der Waals surface area contributed by atoms with Gasteiger partial charge in [0, 0.05) is 11.9 Å². The minimum Gasteiger partial charge on any atom is -0.396 e. The molecular formula is C15H20N4O. The zero-order valence-electron chi connectivity index (χ0n) is 11.9. The molecule has 0 fully saturated rings. The summed E-state index contributed by atoms with van der Waals surface area (Å²) in [5, 5.41) is 11.8. The second-order valence-corrected chi connectivity index (χ2v) is 4.78. The van der Waals surface area contributed by atoms with E-state index in [2.05, 4.69) is 22.4 Å². The lowest BCUT2D eigenvalue weighted by atomic mass is 10.0. The number of amides is 1. The molecule has 2 rings (SSSR count). The molecule has 0 bridgehead atoms. The Morgan fingerprint density at radius 3 is 2.75 bits per heavy atom. The number of fused-ring (bicyclic) bond motifs is 1. The third-order valence-corrected chi connectivity index (χ3v) is 3.18. The maximum absolute atomic E-state index is 12.0. The molecule has 1 aromatic carbocycles. The molecule has 0 saturated carbocycles. The summed E-state index contributed by atoms with van der Waals surface area (Å²) < 4.78 is 0. The Morgan fingerprint density at radius 2 is 2.05 bits per heavy atom. The number of nitrogens with zero attached hydrogens (tertiary/aromatic N) is 2. The number of nitrogens with one attached hydrogen (secondary N) is 1. The smallest absolute Gasteiger partial charge is 0.273 e. The molecule has 1 amide bonds. The Kier molecular flexibility index (Phi) is 4.50. The Bertz CT molecular complexity index is 625. The van der Waals surface area contributed by atoms with Gasteiger partial charge < -0.3 is 11.1 Å². The summed E-state index contributed by atoms with van der Waals surface area (Å²) in [4.78, 5) is 12.0. The van der Waals surface area contributed by atoms with Crippen LogP contribution in [0.3, 0.4) is 0 Å². The first-order valence-electron chi connectivity index (χ1n) is 7.01. The van der Waals surface area contributed by atoms with E-state index in [1.165, 1.54) is 0 Å². The molecule has 5 nitrogen and oxygen atoms in total. The highest BCUT2D eigenvalue weighted by atomic mass is 16.1. The molecule has 0 saturated heterocycles. The molecule has 3 N–H and O–H groups in total. The first kappa shape index (κ1) is 14.2. The average Bonchev–Trinajstić information content (AvgIpc) is 2.46. The molecule has 5 heteroatoms. The van der Waals surface area contributed by atoms with Gasteiger partial charge in [-0.3, -0.25) is 4.79 Å². The fourth-order valence-electron chi connectivity index (χ4n) is 2.17. The summed E-state index contributed by atoms with van der Waals surface area (Å²) in [6, 6.07) is 5.85. The number of anilines is 1. The number of rotatable bonds is 5. The summed E-state index contributed by atoms with van der Waals surface area (Å²) in [6.07, 6.45) is 2.82. The largest absolute Gasteiger partial charge is 0.396 e. The number of carbonyl (C=O) groups excluding carboxylic acids is 1. The van der Waals surface area contributed by atoms with Crippen molar-refractivity contribution < 1.29 is 4.79 Å². The van der Waals surface area contributed by atoms with Crippen LogP contribution in [0.25, 0.3) is 10.9 Å². The van der Waals surface area contributed by atoms with E-state index in [4.69, 9.17) is 5.73 Å². The van der Waals surface area contributed by atoms with Gasteiger partial charge in [0.15, 0.2) is 5.69 Å². The van der Waals surface area contributed by atoms with Gasteiger partial charge in [0.1, 0.15) is 0 Å². The predicted molar refractivity (Wildman–Crippen MR) is 80.6 cm³/mol. The highest BCUT2D eigenvalue weighted by molar-refractivity contribution is 6.04. The minimum absolute atomic E-state index is 0.208. The van der Waals surface area contributed by atoms with Crippen LogP contribution in [0, 0.1) is 0 Å². The molecule has 0 aliphatic rings. The van der Waals surface area contributed by atoms with Gasteiger partial charge in [0.05, 0.1) is 11.2 Å². The lowest BCUT2D eigenvalue weighted by Gasteiger charge is -2.09. The number of benzene rings is 1. The van der Waals surface area contributed by atoms with E-state index in [0.29, 0.717) is 12.2 Å². The molecule has 0 radical (unpaired) electrons. The van der Waals surface area contributed by atoms with Crippen LogP contribution in [0.15, 0.2) is 18.2 Å². The van der Waals surface area contributed by atoms with Crippen LogP contribution in [0.2, 0.25) is 0 Å².